The van der Waals surface area contributed by atoms with Gasteiger partial charge >= 0.3 is 6.18 Å². The van der Waals surface area contributed by atoms with Crippen molar-refractivity contribution in [3.05, 3.63) is 48.2 Å². The topological polar surface area (TPSA) is 25.8 Å². The van der Waals surface area contributed by atoms with Crippen LogP contribution in [0, 0.1) is 5.95 Å². The van der Waals surface area contributed by atoms with Gasteiger partial charge in [0.1, 0.15) is 5.03 Å². The Morgan fingerprint density at radius 2 is 1.83 bits per heavy atom. The first-order valence-electron chi connectivity index (χ1n) is 4.78. The first kappa shape index (κ1) is 12.8. The predicted octanol–water partition coefficient (Wildman–Crippen LogP) is 3.79. The van der Waals surface area contributed by atoms with E-state index in [0.717, 1.165) is 24.0 Å². The van der Waals surface area contributed by atoms with E-state index in [-0.39, 0.29) is 0 Å². The molecule has 0 unspecified atom stereocenters. The first-order chi connectivity index (χ1) is 8.45. The van der Waals surface area contributed by atoms with Crippen molar-refractivity contribution in [1.29, 1.82) is 0 Å². The Bertz CT molecular complexity index is 539. The molecule has 0 saturated heterocycles. The van der Waals surface area contributed by atoms with E-state index in [4.69, 9.17) is 0 Å². The van der Waals surface area contributed by atoms with Crippen molar-refractivity contribution >= 4 is 11.8 Å². The molecular formula is C11H6F4N2S. The van der Waals surface area contributed by atoms with Crippen LogP contribution < -0.4 is 0 Å². The summed E-state index contributed by atoms with van der Waals surface area (Å²) in [6, 6.07) is 4.91. The lowest BCUT2D eigenvalue weighted by Crippen LogP contribution is -2.04. The maximum atomic E-state index is 12.8. The van der Waals surface area contributed by atoms with Crippen LogP contribution in [0.15, 0.2) is 46.6 Å². The van der Waals surface area contributed by atoms with E-state index >= 15 is 0 Å². The van der Waals surface area contributed by atoms with Gasteiger partial charge in [-0.2, -0.15) is 17.6 Å². The van der Waals surface area contributed by atoms with E-state index < -0.39 is 17.7 Å². The quantitative estimate of drug-likeness (QED) is 0.615. The second kappa shape index (κ2) is 4.93. The fourth-order valence-corrected chi connectivity index (χ4v) is 1.95. The third-order valence-corrected chi connectivity index (χ3v) is 2.92. The highest BCUT2D eigenvalue weighted by Crippen LogP contribution is 2.31. The molecule has 2 rings (SSSR count). The van der Waals surface area contributed by atoms with Gasteiger partial charge in [0.15, 0.2) is 0 Å². The number of halogens is 4. The van der Waals surface area contributed by atoms with Gasteiger partial charge in [0.25, 0.3) is 0 Å². The van der Waals surface area contributed by atoms with E-state index in [1.165, 1.54) is 18.3 Å². The van der Waals surface area contributed by atoms with Crippen LogP contribution in [0.2, 0.25) is 0 Å². The van der Waals surface area contributed by atoms with Crippen LogP contribution in [0.25, 0.3) is 0 Å². The Kier molecular flexibility index (Phi) is 3.51. The largest absolute Gasteiger partial charge is 0.417 e. The molecule has 0 radical (unpaired) electrons. The Hall–Kier alpha value is -1.63. The zero-order chi connectivity index (χ0) is 13.2. The molecule has 18 heavy (non-hydrogen) atoms. The van der Waals surface area contributed by atoms with Gasteiger partial charge in [0.2, 0.25) is 5.95 Å². The van der Waals surface area contributed by atoms with E-state index in [2.05, 4.69) is 9.97 Å². The van der Waals surface area contributed by atoms with Crippen molar-refractivity contribution < 1.29 is 17.6 Å². The maximum Gasteiger partial charge on any atom is 0.417 e. The fraction of sp³-hybridized carbons (Fsp3) is 0.0909. The smallest absolute Gasteiger partial charge is 0.249 e. The second-order valence-electron chi connectivity index (χ2n) is 3.30. The van der Waals surface area contributed by atoms with E-state index in [0.29, 0.717) is 9.92 Å². The molecule has 2 aromatic rings. The molecule has 0 amide bonds. The molecule has 7 heteroatoms. The SMILES string of the molecule is Fc1cc(Sc2ccc(C(F)(F)F)cn2)ccn1. The summed E-state index contributed by atoms with van der Waals surface area (Å²) in [7, 11) is 0. The minimum Gasteiger partial charge on any atom is -0.249 e. The number of hydrogen-bond donors (Lipinski definition) is 0. The molecule has 2 heterocycles. The molecule has 0 atom stereocenters. The lowest BCUT2D eigenvalue weighted by Gasteiger charge is -2.06. The van der Waals surface area contributed by atoms with Gasteiger partial charge in [-0.3, -0.25) is 0 Å². The summed E-state index contributed by atoms with van der Waals surface area (Å²) in [5.74, 6) is -0.646. The molecule has 2 aromatic heterocycles. The van der Waals surface area contributed by atoms with Gasteiger partial charge in [0.05, 0.1) is 5.56 Å². The fourth-order valence-electron chi connectivity index (χ4n) is 1.18. The van der Waals surface area contributed by atoms with E-state index in [1.54, 1.807) is 6.07 Å². The van der Waals surface area contributed by atoms with Crippen molar-refractivity contribution in [2.75, 3.05) is 0 Å². The van der Waals surface area contributed by atoms with Crippen molar-refractivity contribution in [3.8, 4) is 0 Å². The summed E-state index contributed by atoms with van der Waals surface area (Å²) >= 11 is 1.06. The first-order valence-corrected chi connectivity index (χ1v) is 5.59. The summed E-state index contributed by atoms with van der Waals surface area (Å²) in [4.78, 5) is 7.57. The number of aromatic nitrogens is 2. The third-order valence-electron chi connectivity index (χ3n) is 1.98. The molecule has 0 aliphatic rings. The minimum absolute atomic E-state index is 0.355. The van der Waals surface area contributed by atoms with Crippen LogP contribution in [0.3, 0.4) is 0 Å². The summed E-state index contributed by atoms with van der Waals surface area (Å²) in [5.41, 5.74) is -0.812. The molecule has 0 N–H and O–H groups in total. The monoisotopic (exact) mass is 274 g/mol. The third kappa shape index (κ3) is 3.19. The van der Waals surface area contributed by atoms with Crippen LogP contribution in [0.4, 0.5) is 17.6 Å². The summed E-state index contributed by atoms with van der Waals surface area (Å²) in [6.45, 7) is 0. The average Bonchev–Trinajstić information content (AvgIpc) is 2.28. The lowest BCUT2D eigenvalue weighted by atomic mass is 10.3. The molecule has 94 valence electrons. The number of pyridine rings is 2. The second-order valence-corrected chi connectivity index (χ2v) is 4.39. The number of rotatable bonds is 2. The van der Waals surface area contributed by atoms with Gasteiger partial charge in [-0.15, -0.1) is 0 Å². The molecule has 0 aromatic carbocycles. The molecular weight excluding hydrogens is 268 g/mol. The van der Waals surface area contributed by atoms with Crippen LogP contribution in [-0.4, -0.2) is 9.97 Å². The van der Waals surface area contributed by atoms with Gasteiger partial charge in [0, 0.05) is 23.4 Å². The van der Waals surface area contributed by atoms with Crippen molar-refractivity contribution in [1.82, 2.24) is 9.97 Å². The van der Waals surface area contributed by atoms with Gasteiger partial charge in [-0.1, -0.05) is 11.8 Å². The molecule has 0 saturated carbocycles. The van der Waals surface area contributed by atoms with Crippen molar-refractivity contribution in [3.63, 3.8) is 0 Å². The molecule has 0 aliphatic heterocycles. The number of alkyl halides is 3. The van der Waals surface area contributed by atoms with Crippen molar-refractivity contribution in [2.24, 2.45) is 0 Å². The molecule has 2 nitrogen and oxygen atoms in total. The van der Waals surface area contributed by atoms with Gasteiger partial charge in [-0.25, -0.2) is 9.97 Å². The Balaban J connectivity index is 2.16. The highest BCUT2D eigenvalue weighted by molar-refractivity contribution is 7.99. The van der Waals surface area contributed by atoms with Crippen LogP contribution >= 0.6 is 11.8 Å². The van der Waals surface area contributed by atoms with Gasteiger partial charge in [-0.05, 0) is 18.2 Å². The van der Waals surface area contributed by atoms with E-state index in [1.807, 2.05) is 0 Å². The van der Waals surface area contributed by atoms with Gasteiger partial charge < -0.3 is 0 Å². The zero-order valence-corrected chi connectivity index (χ0v) is 9.60. The predicted molar refractivity (Wildman–Crippen MR) is 57.6 cm³/mol. The summed E-state index contributed by atoms with van der Waals surface area (Å²) in [5, 5.41) is 0.355. The normalized spacial score (nSPS) is 11.6. The zero-order valence-electron chi connectivity index (χ0n) is 8.78. The number of hydrogen-bond acceptors (Lipinski definition) is 3. The van der Waals surface area contributed by atoms with Crippen LogP contribution in [-0.2, 0) is 6.18 Å². The highest BCUT2D eigenvalue weighted by Gasteiger charge is 2.30. The van der Waals surface area contributed by atoms with Crippen LogP contribution in [0.5, 0.6) is 0 Å². The molecule has 0 aliphatic carbocycles. The summed E-state index contributed by atoms with van der Waals surface area (Å²) in [6.07, 6.45) is -2.37. The number of nitrogens with zero attached hydrogens (tertiary/aromatic N) is 2. The van der Waals surface area contributed by atoms with Crippen molar-refractivity contribution in [2.45, 2.75) is 16.1 Å². The molecule has 0 bridgehead atoms. The maximum absolute atomic E-state index is 12.8. The molecule has 0 spiro atoms. The standard InChI is InChI=1S/C11H6F4N2S/c12-9-5-8(3-4-16-9)18-10-2-1-7(6-17-10)11(13,14)15/h1-6H. The lowest BCUT2D eigenvalue weighted by molar-refractivity contribution is -0.137. The Morgan fingerprint density at radius 3 is 2.39 bits per heavy atom. The Morgan fingerprint density at radius 1 is 1.06 bits per heavy atom. The van der Waals surface area contributed by atoms with E-state index in [9.17, 15) is 17.6 Å². The van der Waals surface area contributed by atoms with Crippen LogP contribution in [0.1, 0.15) is 5.56 Å². The highest BCUT2D eigenvalue weighted by atomic mass is 32.2. The molecule has 0 fully saturated rings. The Labute approximate surface area is 104 Å². The minimum atomic E-state index is -4.40. The average molecular weight is 274 g/mol. The summed E-state index contributed by atoms with van der Waals surface area (Å²) < 4.78 is 49.7.